The fourth-order valence-electron chi connectivity index (χ4n) is 3.35. The molecule has 3 amide bonds. The zero-order valence-corrected chi connectivity index (χ0v) is 18.2. The third-order valence-electron chi connectivity index (χ3n) is 5.01. The average Bonchev–Trinajstić information content (AvgIpc) is 3.07. The van der Waals surface area contributed by atoms with Crippen molar-refractivity contribution in [1.82, 2.24) is 20.0 Å². The first-order chi connectivity index (χ1) is 15.9. The van der Waals surface area contributed by atoms with Crippen LogP contribution in [-0.2, 0) is 16.1 Å². The maximum Gasteiger partial charge on any atom is 0.293 e. The Balaban J connectivity index is 1.29. The fraction of sp³-hybridized carbons (Fsp3) is 0.174. The second kappa shape index (κ2) is 9.78. The van der Waals surface area contributed by atoms with Gasteiger partial charge in [0.05, 0.1) is 23.2 Å². The topological polar surface area (TPSA) is 101 Å². The lowest BCUT2D eigenvalue weighted by Crippen LogP contribution is -2.37. The molecule has 1 aliphatic rings. The molecule has 1 fully saturated rings. The number of aryl methyl sites for hydroxylation is 1. The van der Waals surface area contributed by atoms with E-state index in [1.165, 1.54) is 36.5 Å². The molecule has 0 saturated carbocycles. The van der Waals surface area contributed by atoms with Gasteiger partial charge in [-0.05, 0) is 47.7 Å². The number of carbonyl (C=O) groups is 3. The molecule has 33 heavy (non-hydrogen) atoms. The van der Waals surface area contributed by atoms with Crippen molar-refractivity contribution in [3.05, 3.63) is 81.2 Å². The highest BCUT2D eigenvalue weighted by molar-refractivity contribution is 8.18. The summed E-state index contributed by atoms with van der Waals surface area (Å²) in [6.45, 7) is 0.421. The number of nitrogens with one attached hydrogen (secondary N) is 1. The van der Waals surface area contributed by atoms with Gasteiger partial charge in [-0.25, -0.2) is 4.39 Å². The van der Waals surface area contributed by atoms with E-state index < -0.39 is 11.1 Å². The normalized spacial score (nSPS) is 14.9. The molecule has 0 unspecified atom stereocenters. The Kier molecular flexibility index (Phi) is 6.64. The Morgan fingerprint density at radius 3 is 2.61 bits per heavy atom. The van der Waals surface area contributed by atoms with Gasteiger partial charge in [-0.3, -0.25) is 28.8 Å². The Morgan fingerprint density at radius 1 is 1.06 bits per heavy atom. The first-order valence-corrected chi connectivity index (χ1v) is 11.0. The van der Waals surface area contributed by atoms with Crippen LogP contribution in [0.1, 0.15) is 12.0 Å². The van der Waals surface area contributed by atoms with E-state index >= 15 is 0 Å². The van der Waals surface area contributed by atoms with Crippen molar-refractivity contribution in [2.75, 3.05) is 13.1 Å². The van der Waals surface area contributed by atoms with Crippen LogP contribution in [0.3, 0.4) is 0 Å². The first-order valence-electron chi connectivity index (χ1n) is 10.1. The van der Waals surface area contributed by atoms with E-state index in [1.807, 2.05) is 0 Å². The summed E-state index contributed by atoms with van der Waals surface area (Å²) in [5.74, 6) is -1.11. The van der Waals surface area contributed by atoms with Crippen molar-refractivity contribution >= 4 is 45.8 Å². The summed E-state index contributed by atoms with van der Waals surface area (Å²) >= 11 is 0.804. The van der Waals surface area contributed by atoms with E-state index in [2.05, 4.69) is 10.4 Å². The second-order valence-electron chi connectivity index (χ2n) is 7.23. The van der Waals surface area contributed by atoms with Crippen molar-refractivity contribution in [1.29, 1.82) is 0 Å². The number of aromatic nitrogens is 2. The van der Waals surface area contributed by atoms with Crippen molar-refractivity contribution < 1.29 is 18.8 Å². The number of carbonyl (C=O) groups excluding carboxylic acids is 3. The minimum Gasteiger partial charge on any atom is -0.354 e. The molecule has 168 valence electrons. The van der Waals surface area contributed by atoms with Crippen LogP contribution in [0.5, 0.6) is 0 Å². The summed E-state index contributed by atoms with van der Waals surface area (Å²) in [5, 5.41) is 6.88. The van der Waals surface area contributed by atoms with Gasteiger partial charge >= 0.3 is 0 Å². The van der Waals surface area contributed by atoms with Crippen molar-refractivity contribution in [3.8, 4) is 0 Å². The molecule has 2 aromatic carbocycles. The molecule has 8 nitrogen and oxygen atoms in total. The zero-order valence-electron chi connectivity index (χ0n) is 17.4. The lowest BCUT2D eigenvalue weighted by Gasteiger charge is -2.13. The maximum atomic E-state index is 13.0. The molecule has 10 heteroatoms. The van der Waals surface area contributed by atoms with Gasteiger partial charge in [-0.1, -0.05) is 24.3 Å². The standard InChI is InChI=1S/C23H19FN4O4S/c24-16-7-5-15(6-8-16)13-20-22(31)27(23(32)33-20)12-10-25-21(30)9-11-28-18-4-2-1-3-17(18)19(29)14-26-28/h1-8,13-14H,9-12H2,(H,25,30)/b20-13-. The summed E-state index contributed by atoms with van der Waals surface area (Å²) < 4.78 is 14.6. The summed E-state index contributed by atoms with van der Waals surface area (Å²) in [6.07, 6.45) is 2.87. The minimum absolute atomic E-state index is 0.0381. The summed E-state index contributed by atoms with van der Waals surface area (Å²) in [4.78, 5) is 50.2. The lowest BCUT2D eigenvalue weighted by molar-refractivity contribution is -0.124. The zero-order chi connectivity index (χ0) is 23.4. The predicted octanol–water partition coefficient (Wildman–Crippen LogP) is 2.78. The highest BCUT2D eigenvalue weighted by atomic mass is 32.2. The Hall–Kier alpha value is -3.79. The van der Waals surface area contributed by atoms with Crippen LogP contribution in [0.15, 0.2) is 64.4 Å². The maximum absolute atomic E-state index is 13.0. The van der Waals surface area contributed by atoms with Gasteiger partial charge in [0.2, 0.25) is 11.3 Å². The predicted molar refractivity (Wildman–Crippen MR) is 123 cm³/mol. The first kappa shape index (κ1) is 22.4. The third-order valence-corrected chi connectivity index (χ3v) is 5.92. The molecule has 0 bridgehead atoms. The van der Waals surface area contributed by atoms with E-state index in [0.29, 0.717) is 16.5 Å². The number of thioether (sulfide) groups is 1. The number of benzene rings is 2. The number of rotatable bonds is 7. The average molecular weight is 466 g/mol. The van der Waals surface area contributed by atoms with E-state index in [4.69, 9.17) is 0 Å². The Labute approximate surface area is 192 Å². The van der Waals surface area contributed by atoms with Gasteiger partial charge in [0.15, 0.2) is 0 Å². The lowest BCUT2D eigenvalue weighted by atomic mass is 10.2. The van der Waals surface area contributed by atoms with Crippen LogP contribution in [0.25, 0.3) is 17.0 Å². The summed E-state index contributed by atoms with van der Waals surface area (Å²) in [6, 6.07) is 12.6. The SMILES string of the molecule is O=C(CCn1ncc(=O)c2ccccc21)NCCN1C(=O)S/C(=C\c2ccc(F)cc2)C1=O. The number of imide groups is 1. The van der Waals surface area contributed by atoms with E-state index in [1.54, 1.807) is 28.9 Å². The van der Waals surface area contributed by atoms with Crippen molar-refractivity contribution in [2.24, 2.45) is 0 Å². The van der Waals surface area contributed by atoms with Gasteiger partial charge in [-0.2, -0.15) is 5.10 Å². The number of hydrogen-bond donors (Lipinski definition) is 1. The highest BCUT2D eigenvalue weighted by Gasteiger charge is 2.34. The van der Waals surface area contributed by atoms with Crippen molar-refractivity contribution in [2.45, 2.75) is 13.0 Å². The van der Waals surface area contributed by atoms with Crippen LogP contribution in [0.2, 0.25) is 0 Å². The monoisotopic (exact) mass is 466 g/mol. The van der Waals surface area contributed by atoms with Gasteiger partial charge in [-0.15, -0.1) is 0 Å². The molecule has 4 rings (SSSR count). The quantitative estimate of drug-likeness (QED) is 0.538. The highest BCUT2D eigenvalue weighted by Crippen LogP contribution is 2.31. The number of halogens is 1. The van der Waals surface area contributed by atoms with Gasteiger partial charge in [0.1, 0.15) is 5.82 Å². The van der Waals surface area contributed by atoms with Crippen LogP contribution in [-0.4, -0.2) is 44.8 Å². The number of hydrogen-bond acceptors (Lipinski definition) is 6. The Bertz CT molecular complexity index is 1320. The molecular formula is C23H19FN4O4S. The number of para-hydroxylation sites is 1. The van der Waals surface area contributed by atoms with E-state index in [9.17, 15) is 23.6 Å². The molecule has 2 heterocycles. The fourth-order valence-corrected chi connectivity index (χ4v) is 4.21. The summed E-state index contributed by atoms with van der Waals surface area (Å²) in [7, 11) is 0. The van der Waals surface area contributed by atoms with Crippen LogP contribution < -0.4 is 10.7 Å². The van der Waals surface area contributed by atoms with Gasteiger partial charge in [0, 0.05) is 24.9 Å². The Morgan fingerprint density at radius 2 is 1.82 bits per heavy atom. The molecule has 1 aliphatic heterocycles. The number of amides is 3. The summed E-state index contributed by atoms with van der Waals surface area (Å²) in [5.41, 5.74) is 1.07. The van der Waals surface area contributed by atoms with Crippen LogP contribution in [0.4, 0.5) is 9.18 Å². The molecule has 0 radical (unpaired) electrons. The molecule has 1 N–H and O–H groups in total. The second-order valence-corrected chi connectivity index (χ2v) is 8.23. The molecule has 1 aromatic heterocycles. The third kappa shape index (κ3) is 5.17. The number of fused-ring (bicyclic) bond motifs is 1. The van der Waals surface area contributed by atoms with Crippen LogP contribution >= 0.6 is 11.8 Å². The van der Waals surface area contributed by atoms with E-state index in [-0.39, 0.29) is 48.1 Å². The minimum atomic E-state index is -0.451. The van der Waals surface area contributed by atoms with Gasteiger partial charge < -0.3 is 5.32 Å². The number of nitrogens with zero attached hydrogens (tertiary/aromatic N) is 3. The van der Waals surface area contributed by atoms with E-state index in [0.717, 1.165) is 16.7 Å². The molecular weight excluding hydrogens is 447 g/mol. The molecule has 0 atom stereocenters. The molecule has 1 saturated heterocycles. The smallest absolute Gasteiger partial charge is 0.293 e. The molecule has 0 aliphatic carbocycles. The van der Waals surface area contributed by atoms with Crippen LogP contribution in [0, 0.1) is 5.82 Å². The molecule has 0 spiro atoms. The molecule has 3 aromatic rings. The van der Waals surface area contributed by atoms with Gasteiger partial charge in [0.25, 0.3) is 11.1 Å². The van der Waals surface area contributed by atoms with Crippen molar-refractivity contribution in [3.63, 3.8) is 0 Å². The largest absolute Gasteiger partial charge is 0.354 e.